The molecule has 0 aliphatic heterocycles. The van der Waals surface area contributed by atoms with E-state index in [1.807, 2.05) is 0 Å². The van der Waals surface area contributed by atoms with Gasteiger partial charge in [-0.2, -0.15) is 10.2 Å². The van der Waals surface area contributed by atoms with E-state index in [1.165, 1.54) is 0 Å². The van der Waals surface area contributed by atoms with E-state index in [-0.39, 0.29) is 11.3 Å². The second-order valence-electron chi connectivity index (χ2n) is 5.21. The van der Waals surface area contributed by atoms with Crippen LogP contribution in [0.15, 0.2) is 46.3 Å². The van der Waals surface area contributed by atoms with Gasteiger partial charge in [0.15, 0.2) is 5.69 Å². The molecule has 1 aliphatic carbocycles. The van der Waals surface area contributed by atoms with E-state index in [0.717, 1.165) is 19.3 Å². The Labute approximate surface area is 126 Å². The lowest BCUT2D eigenvalue weighted by Gasteiger charge is -2.11. The van der Waals surface area contributed by atoms with Crippen molar-refractivity contribution in [3.63, 3.8) is 0 Å². The van der Waals surface area contributed by atoms with Crippen molar-refractivity contribution in [1.29, 1.82) is 0 Å². The fourth-order valence-electron chi connectivity index (χ4n) is 2.49. The minimum Gasteiger partial charge on any atom is -0.267 e. The van der Waals surface area contributed by atoms with Gasteiger partial charge in [-0.3, -0.25) is 9.59 Å². The van der Waals surface area contributed by atoms with Crippen molar-refractivity contribution in [3.05, 3.63) is 52.5 Å². The second kappa shape index (κ2) is 6.34. The van der Waals surface area contributed by atoms with Crippen LogP contribution in [0.4, 0.5) is 0 Å². The van der Waals surface area contributed by atoms with Gasteiger partial charge in [-0.25, -0.2) is 10.5 Å². The normalized spacial score (nSPS) is 17.9. The highest BCUT2D eigenvalue weighted by Gasteiger charge is 2.13. The first-order chi connectivity index (χ1) is 10.8. The van der Waals surface area contributed by atoms with Crippen molar-refractivity contribution in [2.45, 2.75) is 19.3 Å². The molecule has 3 rings (SSSR count). The van der Waals surface area contributed by atoms with Crippen LogP contribution in [0.5, 0.6) is 0 Å². The average molecular weight is 296 g/mol. The molecule has 2 aromatic rings. The van der Waals surface area contributed by atoms with E-state index in [4.69, 9.17) is 0 Å². The van der Waals surface area contributed by atoms with E-state index >= 15 is 0 Å². The number of carbonyl (C=O) groups is 1. The van der Waals surface area contributed by atoms with Crippen LogP contribution in [-0.2, 0) is 0 Å². The number of nitrogens with one attached hydrogen (secondary N) is 2. The molecule has 1 aliphatic rings. The number of aromatic amines is 1. The van der Waals surface area contributed by atoms with Crippen molar-refractivity contribution in [1.82, 2.24) is 15.6 Å². The molecule has 0 bridgehead atoms. The van der Waals surface area contributed by atoms with Gasteiger partial charge in [-0.05, 0) is 31.2 Å². The fraction of sp³-hybridized carbons (Fsp3) is 0.250. The summed E-state index contributed by atoms with van der Waals surface area (Å²) in [7, 11) is 0. The number of H-pyrrole nitrogens is 1. The number of nitrogens with zero attached hydrogens (tertiary/aromatic N) is 2. The molecule has 6 nitrogen and oxygen atoms in total. The number of hydrazone groups is 1. The predicted octanol–water partition coefficient (Wildman–Crippen LogP) is 2.00. The number of rotatable bonds is 3. The lowest BCUT2D eigenvalue weighted by atomic mass is 9.96. The predicted molar refractivity (Wildman–Crippen MR) is 84.8 cm³/mol. The largest absolute Gasteiger partial charge is 0.292 e. The Morgan fingerprint density at radius 2 is 2.14 bits per heavy atom. The average Bonchev–Trinajstić information content (AvgIpc) is 2.56. The summed E-state index contributed by atoms with van der Waals surface area (Å²) in [6.45, 7) is 0. The zero-order valence-corrected chi connectivity index (χ0v) is 12.0. The summed E-state index contributed by atoms with van der Waals surface area (Å²) in [5.41, 5.74) is 2.33. The molecule has 0 saturated carbocycles. The van der Waals surface area contributed by atoms with Gasteiger partial charge >= 0.3 is 0 Å². The number of hydrogen-bond acceptors (Lipinski definition) is 4. The first-order valence-corrected chi connectivity index (χ1v) is 7.21. The number of fused-ring (bicyclic) bond motifs is 1. The highest BCUT2D eigenvalue weighted by Crippen LogP contribution is 2.16. The lowest BCUT2D eigenvalue weighted by molar-refractivity contribution is 0.0950. The summed E-state index contributed by atoms with van der Waals surface area (Å²) < 4.78 is 0. The summed E-state index contributed by atoms with van der Waals surface area (Å²) in [6, 6.07) is 6.86. The highest BCUT2D eigenvalue weighted by molar-refractivity contribution is 6.04. The van der Waals surface area contributed by atoms with Crippen LogP contribution in [-0.4, -0.2) is 22.3 Å². The van der Waals surface area contributed by atoms with Crippen LogP contribution in [0.25, 0.3) is 10.8 Å². The molecule has 0 saturated heterocycles. The quantitative estimate of drug-likeness (QED) is 0.516. The number of carbonyl (C=O) groups excluding carboxylic acids is 1. The van der Waals surface area contributed by atoms with Gasteiger partial charge in [0.2, 0.25) is 0 Å². The minimum absolute atomic E-state index is 0.163. The monoisotopic (exact) mass is 296 g/mol. The zero-order valence-electron chi connectivity index (χ0n) is 12.0. The van der Waals surface area contributed by atoms with Gasteiger partial charge in [-0.1, -0.05) is 30.4 Å². The number of allylic oxidation sites excluding steroid dienone is 2. The Balaban J connectivity index is 1.78. The lowest BCUT2D eigenvalue weighted by Crippen LogP contribution is -2.23. The first-order valence-electron chi connectivity index (χ1n) is 7.21. The highest BCUT2D eigenvalue weighted by atomic mass is 16.2. The summed E-state index contributed by atoms with van der Waals surface area (Å²) in [4.78, 5) is 23.9. The molecule has 0 unspecified atom stereocenters. The molecule has 1 heterocycles. The van der Waals surface area contributed by atoms with E-state index in [0.29, 0.717) is 16.7 Å². The van der Waals surface area contributed by atoms with Crippen molar-refractivity contribution in [2.24, 2.45) is 11.0 Å². The van der Waals surface area contributed by atoms with Gasteiger partial charge < -0.3 is 0 Å². The molecule has 112 valence electrons. The zero-order chi connectivity index (χ0) is 15.4. The van der Waals surface area contributed by atoms with E-state index < -0.39 is 5.91 Å². The van der Waals surface area contributed by atoms with Crippen LogP contribution in [0.2, 0.25) is 0 Å². The maximum Gasteiger partial charge on any atom is 0.292 e. The minimum atomic E-state index is -0.435. The molecule has 22 heavy (non-hydrogen) atoms. The van der Waals surface area contributed by atoms with Crippen LogP contribution in [0.3, 0.4) is 0 Å². The van der Waals surface area contributed by atoms with Gasteiger partial charge in [0.1, 0.15) is 0 Å². The van der Waals surface area contributed by atoms with Crippen molar-refractivity contribution in [3.8, 4) is 0 Å². The molecule has 1 amide bonds. The maximum atomic E-state index is 12.2. The molecule has 0 fully saturated rings. The van der Waals surface area contributed by atoms with Gasteiger partial charge in [0.25, 0.3) is 11.5 Å². The Morgan fingerprint density at radius 1 is 1.32 bits per heavy atom. The Kier molecular flexibility index (Phi) is 4.09. The topological polar surface area (TPSA) is 87.2 Å². The molecule has 0 radical (unpaired) electrons. The molecule has 6 heteroatoms. The van der Waals surface area contributed by atoms with Crippen LogP contribution in [0.1, 0.15) is 29.8 Å². The van der Waals surface area contributed by atoms with E-state index in [2.05, 4.69) is 32.9 Å². The molecule has 1 aromatic heterocycles. The molecular formula is C16H16N4O2. The molecule has 1 atom stereocenters. The summed E-state index contributed by atoms with van der Waals surface area (Å²) in [5.74, 6) is -0.0827. The molecule has 2 N–H and O–H groups in total. The van der Waals surface area contributed by atoms with E-state index in [9.17, 15) is 9.59 Å². The van der Waals surface area contributed by atoms with Crippen molar-refractivity contribution >= 4 is 22.9 Å². The summed E-state index contributed by atoms with van der Waals surface area (Å²) in [6.07, 6.45) is 9.05. The van der Waals surface area contributed by atoms with Crippen molar-refractivity contribution < 1.29 is 4.79 Å². The third-order valence-corrected chi connectivity index (χ3v) is 3.67. The van der Waals surface area contributed by atoms with Crippen LogP contribution >= 0.6 is 0 Å². The number of aromatic nitrogens is 2. The third-order valence-electron chi connectivity index (χ3n) is 3.67. The number of amides is 1. The van der Waals surface area contributed by atoms with Gasteiger partial charge in [-0.15, -0.1) is 0 Å². The van der Waals surface area contributed by atoms with Crippen LogP contribution in [0, 0.1) is 5.92 Å². The van der Waals surface area contributed by atoms with Gasteiger partial charge in [0.05, 0.1) is 5.39 Å². The molecular weight excluding hydrogens is 280 g/mol. The molecule has 0 spiro atoms. The maximum absolute atomic E-state index is 12.2. The fourth-order valence-corrected chi connectivity index (χ4v) is 2.49. The van der Waals surface area contributed by atoms with Gasteiger partial charge in [0, 0.05) is 11.6 Å². The number of hydrogen-bond donors (Lipinski definition) is 2. The number of benzene rings is 1. The molecule has 1 aromatic carbocycles. The SMILES string of the molecule is O=C(N/N=C\[C@H]1CC=CCC1)c1n[nH]c(=O)c2ccccc12. The third kappa shape index (κ3) is 2.95. The standard InChI is InChI=1S/C16H16N4O2/c21-15-13-9-5-4-8-12(13)14(18-20-15)16(22)19-17-10-11-6-2-1-3-7-11/h1-2,4-5,8-11H,3,6-7H2,(H,19,22)(H,20,21)/b17-10-/t11-/m0/s1. The van der Waals surface area contributed by atoms with E-state index in [1.54, 1.807) is 30.5 Å². The summed E-state index contributed by atoms with van der Waals surface area (Å²) in [5, 5.41) is 11.1. The Morgan fingerprint density at radius 3 is 2.91 bits per heavy atom. The summed E-state index contributed by atoms with van der Waals surface area (Å²) >= 11 is 0. The van der Waals surface area contributed by atoms with Crippen LogP contribution < -0.4 is 11.0 Å². The smallest absolute Gasteiger partial charge is 0.267 e. The Hall–Kier alpha value is -2.76. The van der Waals surface area contributed by atoms with Crippen molar-refractivity contribution in [2.75, 3.05) is 0 Å². The first kappa shape index (κ1) is 14.2. The Bertz CT molecular complexity index is 807. The second-order valence-corrected chi connectivity index (χ2v) is 5.21.